The maximum Gasteiger partial charge on any atom is 0.341 e. The Morgan fingerprint density at radius 3 is 2.74 bits per heavy atom. The first-order chi connectivity index (χ1) is 11.1. The summed E-state index contributed by atoms with van der Waals surface area (Å²) in [4.78, 5) is 19.2. The second-order valence-electron chi connectivity index (χ2n) is 5.96. The molecule has 0 bridgehead atoms. The SMILES string of the molecule is CCOC(=O)c1cnc2c(C)cc(C)cc2c1N1CCNCC1. The second kappa shape index (κ2) is 6.54. The number of nitrogens with one attached hydrogen (secondary N) is 1. The lowest BCUT2D eigenvalue weighted by Gasteiger charge is -2.31. The normalized spacial score (nSPS) is 15.0. The van der Waals surface area contributed by atoms with Gasteiger partial charge in [-0.2, -0.15) is 0 Å². The van der Waals surface area contributed by atoms with Crippen molar-refractivity contribution in [3.8, 4) is 0 Å². The van der Waals surface area contributed by atoms with Crippen LogP contribution in [0.2, 0.25) is 0 Å². The summed E-state index contributed by atoms with van der Waals surface area (Å²) in [5, 5.41) is 4.39. The van der Waals surface area contributed by atoms with Crippen LogP contribution in [0, 0.1) is 13.8 Å². The Morgan fingerprint density at radius 2 is 2.04 bits per heavy atom. The molecule has 0 spiro atoms. The number of aromatic nitrogens is 1. The van der Waals surface area contributed by atoms with Gasteiger partial charge in [-0.3, -0.25) is 4.98 Å². The monoisotopic (exact) mass is 313 g/mol. The molecule has 2 heterocycles. The molecule has 5 nitrogen and oxygen atoms in total. The summed E-state index contributed by atoms with van der Waals surface area (Å²) in [7, 11) is 0. The predicted molar refractivity (Wildman–Crippen MR) is 92.3 cm³/mol. The number of rotatable bonds is 3. The minimum Gasteiger partial charge on any atom is -0.462 e. The molecule has 23 heavy (non-hydrogen) atoms. The molecule has 0 unspecified atom stereocenters. The molecule has 0 aliphatic carbocycles. The molecule has 1 aliphatic heterocycles. The Morgan fingerprint density at radius 1 is 1.30 bits per heavy atom. The third-order valence-corrected chi connectivity index (χ3v) is 4.21. The molecular weight excluding hydrogens is 290 g/mol. The van der Waals surface area contributed by atoms with Gasteiger partial charge in [0.25, 0.3) is 0 Å². The maximum atomic E-state index is 12.4. The van der Waals surface area contributed by atoms with Crippen LogP contribution in [0.1, 0.15) is 28.4 Å². The standard InChI is InChI=1S/C18H23N3O2/c1-4-23-18(22)15-11-20-16-13(3)9-12(2)10-14(16)17(15)21-7-5-19-6-8-21/h9-11,19H,4-8H2,1-3H3. The average molecular weight is 313 g/mol. The highest BCUT2D eigenvalue weighted by Crippen LogP contribution is 2.32. The molecule has 0 atom stereocenters. The van der Waals surface area contributed by atoms with E-state index in [2.05, 4.69) is 41.2 Å². The lowest BCUT2D eigenvalue weighted by molar-refractivity contribution is 0.0526. The Balaban J connectivity index is 2.23. The summed E-state index contributed by atoms with van der Waals surface area (Å²) in [5.74, 6) is -0.297. The number of carbonyl (C=O) groups is 1. The molecule has 0 saturated carbocycles. The highest BCUT2D eigenvalue weighted by Gasteiger charge is 2.23. The van der Waals surface area contributed by atoms with Crippen LogP contribution in [0.15, 0.2) is 18.3 Å². The Labute approximate surface area is 136 Å². The molecule has 1 aromatic carbocycles. The Hall–Kier alpha value is -2.14. The molecule has 0 amide bonds. The number of hydrogen-bond acceptors (Lipinski definition) is 5. The number of fused-ring (bicyclic) bond motifs is 1. The summed E-state index contributed by atoms with van der Waals surface area (Å²) in [5.41, 5.74) is 4.78. The smallest absolute Gasteiger partial charge is 0.341 e. The summed E-state index contributed by atoms with van der Waals surface area (Å²) in [6.45, 7) is 9.90. The highest BCUT2D eigenvalue weighted by atomic mass is 16.5. The van der Waals surface area contributed by atoms with Crippen molar-refractivity contribution in [3.63, 3.8) is 0 Å². The molecule has 1 aliphatic rings. The van der Waals surface area contributed by atoms with E-state index in [1.807, 2.05) is 6.92 Å². The van der Waals surface area contributed by atoms with Crippen molar-refractivity contribution in [2.24, 2.45) is 0 Å². The third-order valence-electron chi connectivity index (χ3n) is 4.21. The van der Waals surface area contributed by atoms with Gasteiger partial charge in [-0.25, -0.2) is 4.79 Å². The number of benzene rings is 1. The van der Waals surface area contributed by atoms with Crippen molar-refractivity contribution in [1.29, 1.82) is 0 Å². The van der Waals surface area contributed by atoms with Crippen LogP contribution in [-0.2, 0) is 4.74 Å². The van der Waals surface area contributed by atoms with E-state index in [-0.39, 0.29) is 5.97 Å². The van der Waals surface area contributed by atoms with Crippen LogP contribution < -0.4 is 10.2 Å². The molecule has 5 heteroatoms. The fourth-order valence-corrected chi connectivity index (χ4v) is 3.23. The number of pyridine rings is 1. The van der Waals surface area contributed by atoms with E-state index >= 15 is 0 Å². The molecule has 0 radical (unpaired) electrons. The van der Waals surface area contributed by atoms with Gasteiger partial charge < -0.3 is 15.0 Å². The van der Waals surface area contributed by atoms with E-state index in [9.17, 15) is 4.79 Å². The van der Waals surface area contributed by atoms with Crippen molar-refractivity contribution < 1.29 is 9.53 Å². The van der Waals surface area contributed by atoms with E-state index in [4.69, 9.17) is 4.74 Å². The van der Waals surface area contributed by atoms with E-state index < -0.39 is 0 Å². The number of aryl methyl sites for hydroxylation is 2. The minimum atomic E-state index is -0.297. The second-order valence-corrected chi connectivity index (χ2v) is 5.96. The van der Waals surface area contributed by atoms with Crippen molar-refractivity contribution in [2.45, 2.75) is 20.8 Å². The zero-order chi connectivity index (χ0) is 16.4. The van der Waals surface area contributed by atoms with Gasteiger partial charge in [0, 0.05) is 37.8 Å². The van der Waals surface area contributed by atoms with E-state index in [1.54, 1.807) is 6.20 Å². The third kappa shape index (κ3) is 3.01. The lowest BCUT2D eigenvalue weighted by Crippen LogP contribution is -2.44. The average Bonchev–Trinajstić information content (AvgIpc) is 2.54. The number of anilines is 1. The molecule has 3 rings (SSSR count). The Kier molecular flexibility index (Phi) is 4.48. The first kappa shape index (κ1) is 15.7. The van der Waals surface area contributed by atoms with E-state index in [1.165, 1.54) is 5.56 Å². The van der Waals surface area contributed by atoms with Gasteiger partial charge in [0.1, 0.15) is 5.56 Å². The zero-order valence-corrected chi connectivity index (χ0v) is 14.0. The number of esters is 1. The number of ether oxygens (including phenoxy) is 1. The molecule has 1 fully saturated rings. The van der Waals surface area contributed by atoms with Crippen LogP contribution in [0.25, 0.3) is 10.9 Å². The fourth-order valence-electron chi connectivity index (χ4n) is 3.23. The maximum absolute atomic E-state index is 12.4. The molecule has 1 aromatic heterocycles. The van der Waals surface area contributed by atoms with Crippen LogP contribution in [-0.4, -0.2) is 43.7 Å². The largest absolute Gasteiger partial charge is 0.462 e. The van der Waals surface area contributed by atoms with Crippen LogP contribution in [0.5, 0.6) is 0 Å². The van der Waals surface area contributed by atoms with Crippen LogP contribution in [0.3, 0.4) is 0 Å². The first-order valence-corrected chi connectivity index (χ1v) is 8.14. The minimum absolute atomic E-state index is 0.297. The number of carbonyl (C=O) groups excluding carboxylic acids is 1. The van der Waals surface area contributed by atoms with Crippen molar-refractivity contribution >= 4 is 22.6 Å². The van der Waals surface area contributed by atoms with Crippen LogP contribution >= 0.6 is 0 Å². The van der Waals surface area contributed by atoms with Crippen LogP contribution in [0.4, 0.5) is 5.69 Å². The summed E-state index contributed by atoms with van der Waals surface area (Å²) >= 11 is 0. The van der Waals surface area contributed by atoms with Gasteiger partial charge in [0.2, 0.25) is 0 Å². The molecular formula is C18H23N3O2. The Bertz CT molecular complexity index is 737. The molecule has 122 valence electrons. The lowest BCUT2D eigenvalue weighted by atomic mass is 10.0. The van der Waals surface area contributed by atoms with Crippen molar-refractivity contribution in [1.82, 2.24) is 10.3 Å². The number of hydrogen-bond donors (Lipinski definition) is 1. The quantitative estimate of drug-likeness (QED) is 0.882. The van der Waals surface area contributed by atoms with Gasteiger partial charge in [-0.1, -0.05) is 11.6 Å². The summed E-state index contributed by atoms with van der Waals surface area (Å²) < 4.78 is 5.25. The summed E-state index contributed by atoms with van der Waals surface area (Å²) in [6, 6.07) is 4.25. The topological polar surface area (TPSA) is 54.5 Å². The molecule has 1 N–H and O–H groups in total. The van der Waals surface area contributed by atoms with Gasteiger partial charge >= 0.3 is 5.97 Å². The first-order valence-electron chi connectivity index (χ1n) is 8.14. The van der Waals surface area contributed by atoms with Crippen molar-refractivity contribution in [3.05, 3.63) is 35.0 Å². The van der Waals surface area contributed by atoms with Gasteiger partial charge in [-0.05, 0) is 32.4 Å². The van der Waals surface area contributed by atoms with Gasteiger partial charge in [0.05, 0.1) is 17.8 Å². The molecule has 1 saturated heterocycles. The van der Waals surface area contributed by atoms with Gasteiger partial charge in [0.15, 0.2) is 0 Å². The van der Waals surface area contributed by atoms with E-state index in [0.29, 0.717) is 12.2 Å². The zero-order valence-electron chi connectivity index (χ0n) is 14.0. The van der Waals surface area contributed by atoms with Crippen molar-refractivity contribution in [2.75, 3.05) is 37.7 Å². The predicted octanol–water partition coefficient (Wildman–Crippen LogP) is 2.44. The number of nitrogens with zero attached hydrogens (tertiary/aromatic N) is 2. The molecule has 2 aromatic rings. The summed E-state index contributed by atoms with van der Waals surface area (Å²) in [6.07, 6.45) is 1.67. The fraction of sp³-hybridized carbons (Fsp3) is 0.444. The highest BCUT2D eigenvalue weighted by molar-refractivity contribution is 6.06. The van der Waals surface area contributed by atoms with E-state index in [0.717, 1.165) is 48.3 Å². The number of piperazine rings is 1. The van der Waals surface area contributed by atoms with Gasteiger partial charge in [-0.15, -0.1) is 0 Å².